The zero-order valence-electron chi connectivity index (χ0n) is 8.86. The number of nitrogens with zero attached hydrogens (tertiary/aromatic N) is 3. The van der Waals surface area contributed by atoms with Crippen LogP contribution in [0.1, 0.15) is 26.7 Å². The molecule has 0 rings (SSSR count). The molecular formula is C9H14ClN3O2. The summed E-state index contributed by atoms with van der Waals surface area (Å²) < 4.78 is 0. The summed E-state index contributed by atoms with van der Waals surface area (Å²) >= 11 is 5.63. The first-order chi connectivity index (χ1) is 7.26. The smallest absolute Gasteiger partial charge is 0.220 e. The molecule has 84 valence electrons. The van der Waals surface area contributed by atoms with Gasteiger partial charge in [0.05, 0.1) is 0 Å². The van der Waals surface area contributed by atoms with E-state index in [2.05, 4.69) is 15.1 Å². The molecule has 0 unspecified atom stereocenters. The van der Waals surface area contributed by atoms with Gasteiger partial charge in [-0.1, -0.05) is 35.3 Å². The largest absolute Gasteiger partial charge is 0.395 e. The van der Waals surface area contributed by atoms with Crippen molar-refractivity contribution in [2.24, 2.45) is 10.3 Å². The Morgan fingerprint density at radius 2 is 2.07 bits per heavy atom. The predicted octanol–water partition coefficient (Wildman–Crippen LogP) is 2.27. The van der Waals surface area contributed by atoms with Crippen molar-refractivity contribution in [3.05, 3.63) is 0 Å². The third kappa shape index (κ3) is 6.75. The molecule has 0 aliphatic rings. The van der Waals surface area contributed by atoms with E-state index >= 15 is 0 Å². The minimum atomic E-state index is -0.101. The van der Waals surface area contributed by atoms with Crippen LogP contribution in [0, 0.1) is 11.3 Å². The zero-order chi connectivity index (χ0) is 11.5. The van der Waals surface area contributed by atoms with E-state index in [1.54, 1.807) is 13.0 Å². The van der Waals surface area contributed by atoms with E-state index in [0.29, 0.717) is 13.2 Å². The van der Waals surface area contributed by atoms with Crippen LogP contribution in [0.4, 0.5) is 0 Å². The molecule has 0 amide bonds. The fourth-order valence-electron chi connectivity index (χ4n) is 0.588. The summed E-state index contributed by atoms with van der Waals surface area (Å²) in [5.41, 5.74) is -0.0822. The zero-order valence-corrected chi connectivity index (χ0v) is 9.62. The highest BCUT2D eigenvalue weighted by molar-refractivity contribution is 6.85. The van der Waals surface area contributed by atoms with Gasteiger partial charge in [-0.15, -0.1) is 0 Å². The second-order valence-corrected chi connectivity index (χ2v) is 2.90. The van der Waals surface area contributed by atoms with E-state index in [4.69, 9.17) is 21.7 Å². The fourth-order valence-corrected chi connectivity index (χ4v) is 0.713. The van der Waals surface area contributed by atoms with Crippen molar-refractivity contribution < 1.29 is 9.68 Å². The average Bonchev–Trinajstić information content (AvgIpc) is 2.26. The molecule has 0 fully saturated rings. The lowest BCUT2D eigenvalue weighted by molar-refractivity contribution is 0.141. The summed E-state index contributed by atoms with van der Waals surface area (Å²) in [4.78, 5) is 9.55. The maximum absolute atomic E-state index is 8.67. The van der Waals surface area contributed by atoms with Crippen molar-refractivity contribution in [1.29, 1.82) is 5.26 Å². The monoisotopic (exact) mass is 231 g/mol. The lowest BCUT2D eigenvalue weighted by atomic mass is 10.4. The minimum Gasteiger partial charge on any atom is -0.395 e. The van der Waals surface area contributed by atoms with Gasteiger partial charge >= 0.3 is 0 Å². The fraction of sp³-hybridized carbons (Fsp3) is 0.667. The Kier molecular flexibility index (Phi) is 8.49. The van der Waals surface area contributed by atoms with E-state index in [1.807, 2.05) is 6.92 Å². The van der Waals surface area contributed by atoms with Crippen LogP contribution < -0.4 is 0 Å². The van der Waals surface area contributed by atoms with Gasteiger partial charge in [0, 0.05) is 0 Å². The maximum atomic E-state index is 8.67. The molecule has 5 nitrogen and oxygen atoms in total. The number of nitriles is 1. The topological polar surface area (TPSA) is 67.0 Å². The summed E-state index contributed by atoms with van der Waals surface area (Å²) in [6, 6.07) is 1.77. The molecule has 0 heterocycles. The molecule has 0 saturated heterocycles. The summed E-state index contributed by atoms with van der Waals surface area (Å²) in [5.74, 6) is 0. The highest BCUT2D eigenvalue weighted by Crippen LogP contribution is 1.95. The molecule has 0 radical (unpaired) electrons. The Hall–Kier alpha value is -1.28. The van der Waals surface area contributed by atoms with Crippen molar-refractivity contribution in [3.8, 4) is 6.07 Å². The Bertz CT molecular complexity index is 271. The summed E-state index contributed by atoms with van der Waals surface area (Å²) in [5, 5.41) is 15.6. The molecule has 15 heavy (non-hydrogen) atoms. The number of hydrogen-bond donors (Lipinski definition) is 0. The van der Waals surface area contributed by atoms with Gasteiger partial charge in [-0.3, -0.25) is 0 Å². The third-order valence-electron chi connectivity index (χ3n) is 1.32. The van der Waals surface area contributed by atoms with Crippen LogP contribution in [0.2, 0.25) is 0 Å². The quantitative estimate of drug-likeness (QED) is 0.384. The predicted molar refractivity (Wildman–Crippen MR) is 58.8 cm³/mol. The van der Waals surface area contributed by atoms with Gasteiger partial charge in [-0.05, 0) is 13.3 Å². The molecule has 0 aliphatic carbocycles. The van der Waals surface area contributed by atoms with Crippen LogP contribution in [0.3, 0.4) is 0 Å². The lowest BCUT2D eigenvalue weighted by Crippen LogP contribution is -2.07. The molecule has 6 heteroatoms. The number of rotatable bonds is 7. The molecule has 0 bridgehead atoms. The Morgan fingerprint density at radius 1 is 1.33 bits per heavy atom. The van der Waals surface area contributed by atoms with Gasteiger partial charge in [-0.25, -0.2) is 0 Å². The Labute approximate surface area is 94.3 Å². The molecule has 0 spiro atoms. The van der Waals surface area contributed by atoms with Crippen molar-refractivity contribution >= 4 is 22.5 Å². The van der Waals surface area contributed by atoms with Gasteiger partial charge in [0.15, 0.2) is 0 Å². The number of oxime groups is 2. The van der Waals surface area contributed by atoms with Crippen molar-refractivity contribution in [3.63, 3.8) is 0 Å². The standard InChI is InChI=1S/C9H14ClN3O2/c1-3-5-6-15-12-8(7-11)9(10)13-14-4-2/h3-6H2,1-2H3/b12-8-,13-9+. The van der Waals surface area contributed by atoms with Crippen LogP contribution >= 0.6 is 11.6 Å². The van der Waals surface area contributed by atoms with E-state index in [0.717, 1.165) is 12.8 Å². The average molecular weight is 232 g/mol. The van der Waals surface area contributed by atoms with Gasteiger partial charge in [0.1, 0.15) is 19.3 Å². The number of unbranched alkanes of at least 4 members (excludes halogenated alkanes) is 1. The summed E-state index contributed by atoms with van der Waals surface area (Å²) in [6.07, 6.45) is 1.88. The van der Waals surface area contributed by atoms with Crippen molar-refractivity contribution in [2.75, 3.05) is 13.2 Å². The Morgan fingerprint density at radius 3 is 2.60 bits per heavy atom. The van der Waals surface area contributed by atoms with Crippen LogP contribution in [-0.4, -0.2) is 24.1 Å². The molecule has 0 aromatic rings. The van der Waals surface area contributed by atoms with E-state index in [9.17, 15) is 0 Å². The number of halogens is 1. The van der Waals surface area contributed by atoms with Crippen LogP contribution in [-0.2, 0) is 9.68 Å². The highest BCUT2D eigenvalue weighted by atomic mass is 35.5. The Balaban J connectivity index is 4.17. The van der Waals surface area contributed by atoms with Crippen molar-refractivity contribution in [2.45, 2.75) is 26.7 Å². The van der Waals surface area contributed by atoms with Gasteiger partial charge in [-0.2, -0.15) is 5.26 Å². The van der Waals surface area contributed by atoms with Crippen molar-refractivity contribution in [1.82, 2.24) is 0 Å². The van der Waals surface area contributed by atoms with E-state index < -0.39 is 0 Å². The third-order valence-corrected chi connectivity index (χ3v) is 1.57. The SMILES string of the molecule is CCCCO/N=C(C#N)\C(Cl)=N/OCC. The first-order valence-electron chi connectivity index (χ1n) is 4.72. The molecule has 0 atom stereocenters. The first-order valence-corrected chi connectivity index (χ1v) is 5.09. The number of hydrogen-bond acceptors (Lipinski definition) is 5. The molecule has 0 saturated carbocycles. The van der Waals surface area contributed by atoms with Crippen LogP contribution in [0.25, 0.3) is 0 Å². The maximum Gasteiger partial charge on any atom is 0.220 e. The molecular weight excluding hydrogens is 218 g/mol. The second-order valence-electron chi connectivity index (χ2n) is 2.54. The molecule has 0 aromatic carbocycles. The van der Waals surface area contributed by atoms with Gasteiger partial charge in [0.25, 0.3) is 0 Å². The second kappa shape index (κ2) is 9.28. The van der Waals surface area contributed by atoms with Crippen LogP contribution in [0.5, 0.6) is 0 Å². The van der Waals surface area contributed by atoms with E-state index in [-0.39, 0.29) is 10.9 Å². The summed E-state index contributed by atoms with van der Waals surface area (Å²) in [6.45, 7) is 4.63. The minimum absolute atomic E-state index is 0.0822. The van der Waals surface area contributed by atoms with Gasteiger partial charge < -0.3 is 9.68 Å². The molecule has 0 aromatic heterocycles. The first kappa shape index (κ1) is 13.7. The normalized spacial score (nSPS) is 12.1. The highest BCUT2D eigenvalue weighted by Gasteiger charge is 2.06. The lowest BCUT2D eigenvalue weighted by Gasteiger charge is -1.98. The molecule has 0 aliphatic heterocycles. The molecule has 0 N–H and O–H groups in total. The van der Waals surface area contributed by atoms with Crippen LogP contribution in [0.15, 0.2) is 10.3 Å². The van der Waals surface area contributed by atoms with Gasteiger partial charge in [0.2, 0.25) is 10.9 Å². The summed E-state index contributed by atoms with van der Waals surface area (Å²) in [7, 11) is 0. The van der Waals surface area contributed by atoms with E-state index in [1.165, 1.54) is 0 Å².